The summed E-state index contributed by atoms with van der Waals surface area (Å²) in [4.78, 5) is 0. The third-order valence-corrected chi connectivity index (χ3v) is 10.4. The average molecular weight is 333 g/mol. The first-order valence-electron chi connectivity index (χ1n) is 9.29. The Morgan fingerprint density at radius 3 is 1.92 bits per heavy atom. The molecular formula is C22H27BP+. The Morgan fingerprint density at radius 1 is 0.917 bits per heavy atom. The van der Waals surface area contributed by atoms with Crippen LogP contribution in [0.3, 0.4) is 0 Å². The fourth-order valence-electron chi connectivity index (χ4n) is 5.30. The van der Waals surface area contributed by atoms with Crippen LogP contribution in [0.5, 0.6) is 0 Å². The van der Waals surface area contributed by atoms with Gasteiger partial charge in [0.15, 0.2) is 0 Å². The fourth-order valence-corrected chi connectivity index (χ4v) is 8.60. The van der Waals surface area contributed by atoms with E-state index in [9.17, 15) is 0 Å². The van der Waals surface area contributed by atoms with Gasteiger partial charge in [0.2, 0.25) is 0 Å². The molecule has 2 aromatic carbocycles. The Labute approximate surface area is 148 Å². The first-order chi connectivity index (χ1) is 11.5. The quantitative estimate of drug-likeness (QED) is 0.556. The Balaban J connectivity index is 1.69. The zero-order valence-corrected chi connectivity index (χ0v) is 15.8. The van der Waals surface area contributed by atoms with E-state index in [4.69, 9.17) is 7.57 Å². The molecule has 3 unspecified atom stereocenters. The summed E-state index contributed by atoms with van der Waals surface area (Å²) in [6.07, 6.45) is 5.37. The summed E-state index contributed by atoms with van der Waals surface area (Å²) in [6, 6.07) is 21.8. The van der Waals surface area contributed by atoms with Crippen molar-refractivity contribution in [2.45, 2.75) is 33.1 Å². The summed E-state index contributed by atoms with van der Waals surface area (Å²) in [5, 5.41) is 2.71. The van der Waals surface area contributed by atoms with Crippen LogP contribution in [-0.4, -0.2) is 13.7 Å². The highest BCUT2D eigenvalue weighted by Crippen LogP contribution is 2.65. The second-order valence-corrected chi connectivity index (χ2v) is 11.6. The van der Waals surface area contributed by atoms with E-state index in [2.05, 4.69) is 74.5 Å². The highest BCUT2D eigenvalue weighted by molar-refractivity contribution is 8.08. The second kappa shape index (κ2) is 6.03. The van der Waals surface area contributed by atoms with Crippen molar-refractivity contribution in [1.29, 1.82) is 0 Å². The van der Waals surface area contributed by atoms with E-state index in [-0.39, 0.29) is 0 Å². The molecule has 0 spiro atoms. The second-order valence-electron chi connectivity index (χ2n) is 8.42. The zero-order chi connectivity index (χ0) is 16.8. The van der Waals surface area contributed by atoms with Crippen LogP contribution in [0.2, 0.25) is 0 Å². The summed E-state index contributed by atoms with van der Waals surface area (Å²) in [7, 11) is 5.44. The Kier molecular flexibility index (Phi) is 4.12. The lowest BCUT2D eigenvalue weighted by molar-refractivity contribution is -0.0976. The van der Waals surface area contributed by atoms with Crippen LogP contribution in [0.1, 0.15) is 33.1 Å². The van der Waals surface area contributed by atoms with Crippen molar-refractivity contribution in [3.05, 3.63) is 60.7 Å². The molecule has 2 radical (unpaired) electrons. The maximum absolute atomic E-state index is 7.25. The lowest BCUT2D eigenvalue weighted by Gasteiger charge is -2.60. The van der Waals surface area contributed by atoms with E-state index in [1.54, 1.807) is 0 Å². The highest BCUT2D eigenvalue weighted by Gasteiger charge is 2.56. The van der Waals surface area contributed by atoms with Gasteiger partial charge in [0, 0.05) is 7.14 Å². The fraction of sp³-hybridized carbons (Fsp3) is 0.455. The first-order valence-corrected chi connectivity index (χ1v) is 11.3. The van der Waals surface area contributed by atoms with Gasteiger partial charge in [-0.2, -0.15) is 0 Å². The number of benzene rings is 2. The maximum Gasteiger partial charge on any atom is 0.377 e. The van der Waals surface area contributed by atoms with Gasteiger partial charge in [0.1, 0.15) is 0 Å². The van der Waals surface area contributed by atoms with Crippen LogP contribution in [0.4, 0.5) is 0 Å². The molecule has 2 heteroatoms. The summed E-state index contributed by atoms with van der Waals surface area (Å²) in [5.41, 5.74) is 0.529. The van der Waals surface area contributed by atoms with Gasteiger partial charge in [0.05, 0.1) is 16.8 Å². The SMILES string of the molecule is [B][P+](CC1CCC2CC1C2(C)C)(c1ccccc1)c1ccccc1. The van der Waals surface area contributed by atoms with E-state index in [0.29, 0.717) is 5.41 Å². The van der Waals surface area contributed by atoms with Crippen molar-refractivity contribution in [1.82, 2.24) is 0 Å². The van der Waals surface area contributed by atoms with E-state index < -0.39 is 7.14 Å². The number of fused-ring (bicyclic) bond motifs is 2. The molecule has 24 heavy (non-hydrogen) atoms. The van der Waals surface area contributed by atoms with Gasteiger partial charge in [-0.15, -0.1) is 0 Å². The largest absolute Gasteiger partial charge is 0.377 e. The Hall–Kier alpha value is -1.07. The van der Waals surface area contributed by atoms with Gasteiger partial charge in [-0.1, -0.05) is 50.2 Å². The third kappa shape index (κ3) is 2.57. The lowest BCUT2D eigenvalue weighted by Crippen LogP contribution is -2.53. The summed E-state index contributed by atoms with van der Waals surface area (Å²) in [5.74, 6) is 2.60. The molecule has 0 aliphatic heterocycles. The normalized spacial score (nSPS) is 28.2. The van der Waals surface area contributed by atoms with Crippen molar-refractivity contribution < 1.29 is 0 Å². The van der Waals surface area contributed by atoms with Crippen molar-refractivity contribution in [3.63, 3.8) is 0 Å². The third-order valence-electron chi connectivity index (χ3n) is 6.96. The molecule has 0 amide bonds. The standard InChI is InChI=1S/C22H27BP/c1-22(2)18-14-13-17(21(22)15-18)16-24(23,19-9-5-3-6-10-19)20-11-7-4-8-12-20/h3-12,17-18,21H,13-16H2,1-2H3/q+1. The molecule has 3 fully saturated rings. The van der Waals surface area contributed by atoms with Gasteiger partial charge >= 0.3 is 7.57 Å². The molecule has 5 rings (SSSR count). The Morgan fingerprint density at radius 2 is 1.46 bits per heavy atom. The molecule has 2 bridgehead atoms. The topological polar surface area (TPSA) is 0 Å². The minimum absolute atomic E-state index is 0.529. The first kappa shape index (κ1) is 16.4. The highest BCUT2D eigenvalue weighted by atomic mass is 31.2. The molecule has 0 N–H and O–H groups in total. The zero-order valence-electron chi connectivity index (χ0n) is 14.9. The molecule has 122 valence electrons. The van der Waals surface area contributed by atoms with E-state index >= 15 is 0 Å². The molecule has 0 saturated heterocycles. The number of hydrogen-bond acceptors (Lipinski definition) is 0. The van der Waals surface area contributed by atoms with E-state index in [1.165, 1.54) is 36.0 Å². The van der Waals surface area contributed by atoms with Gasteiger partial charge in [0.25, 0.3) is 0 Å². The van der Waals surface area contributed by atoms with Gasteiger partial charge < -0.3 is 0 Å². The summed E-state index contributed by atoms with van der Waals surface area (Å²) >= 11 is 0. The predicted molar refractivity (Wildman–Crippen MR) is 108 cm³/mol. The van der Waals surface area contributed by atoms with Gasteiger partial charge in [-0.25, -0.2) is 0 Å². The van der Waals surface area contributed by atoms with Crippen molar-refractivity contribution in [3.8, 4) is 0 Å². The van der Waals surface area contributed by atoms with Crippen molar-refractivity contribution in [2.24, 2.45) is 23.2 Å². The molecule has 3 aliphatic carbocycles. The molecule has 3 atom stereocenters. The van der Waals surface area contributed by atoms with E-state index in [1.807, 2.05) is 0 Å². The molecular weight excluding hydrogens is 306 g/mol. The van der Waals surface area contributed by atoms with Crippen LogP contribution in [0, 0.1) is 23.2 Å². The average Bonchev–Trinajstić information content (AvgIpc) is 2.63. The monoisotopic (exact) mass is 333 g/mol. The predicted octanol–water partition coefficient (Wildman–Crippen LogP) is 4.81. The van der Waals surface area contributed by atoms with Crippen molar-refractivity contribution in [2.75, 3.05) is 6.16 Å². The summed E-state index contributed by atoms with van der Waals surface area (Å²) < 4.78 is 0. The minimum atomic E-state index is -1.81. The van der Waals surface area contributed by atoms with Crippen LogP contribution in [-0.2, 0) is 0 Å². The lowest BCUT2D eigenvalue weighted by atomic mass is 9.46. The minimum Gasteiger partial charge on any atom is -0.0620 e. The maximum atomic E-state index is 7.25. The van der Waals surface area contributed by atoms with Gasteiger partial charge in [-0.05, 0) is 66.7 Å². The van der Waals surface area contributed by atoms with Crippen LogP contribution >= 0.6 is 7.14 Å². The van der Waals surface area contributed by atoms with Crippen LogP contribution in [0.15, 0.2) is 60.7 Å². The number of hydrogen-bond donors (Lipinski definition) is 0. The van der Waals surface area contributed by atoms with E-state index in [0.717, 1.165) is 17.8 Å². The Bertz CT molecular complexity index is 653. The smallest absolute Gasteiger partial charge is 0.0620 e. The molecule has 3 aliphatic rings. The van der Waals surface area contributed by atoms with Crippen molar-refractivity contribution >= 4 is 25.3 Å². The van der Waals surface area contributed by atoms with Crippen LogP contribution in [0.25, 0.3) is 0 Å². The van der Waals surface area contributed by atoms with Gasteiger partial charge in [-0.3, -0.25) is 0 Å². The molecule has 0 aromatic heterocycles. The number of rotatable bonds is 4. The summed E-state index contributed by atoms with van der Waals surface area (Å²) in [6.45, 7) is 4.97. The molecule has 0 nitrogen and oxygen atoms in total. The molecule has 3 saturated carbocycles. The molecule has 0 heterocycles. The molecule has 2 aromatic rings. The van der Waals surface area contributed by atoms with Crippen LogP contribution < -0.4 is 10.6 Å².